The van der Waals surface area contributed by atoms with Gasteiger partial charge in [0.25, 0.3) is 5.91 Å². The van der Waals surface area contributed by atoms with Crippen LogP contribution >= 0.6 is 0 Å². The van der Waals surface area contributed by atoms with Crippen molar-refractivity contribution >= 4 is 23.8 Å². The molecule has 11 nitrogen and oxygen atoms in total. The van der Waals surface area contributed by atoms with Gasteiger partial charge in [-0.2, -0.15) is 5.10 Å². The molecule has 0 radical (unpaired) electrons. The number of allylic oxidation sites excluding steroid dienone is 2. The summed E-state index contributed by atoms with van der Waals surface area (Å²) in [6, 6.07) is -0.697. The lowest BCUT2D eigenvalue weighted by Crippen LogP contribution is -2.59. The number of nitrogens with one attached hydrogen (secondary N) is 2. The summed E-state index contributed by atoms with van der Waals surface area (Å²) in [5.74, 6) is -1.89. The standard InChI is InChI=1S/C20H24F4N6O5/c1-30(5-9-4-10(21)2-3-13(9)35-20(22,23)24)19(33)15-14-17(25-8-26-18(14)29-28-15)27-11-6-34-7-12(31)16(11)32/h2,4,8,11-14,16-17,27,31-32H,3,5-7H2,1H3,(H,25,26,29)/t11-,12-,13?,14?,16+,17?/m1/s1. The zero-order valence-electron chi connectivity index (χ0n) is 18.4. The first-order valence-corrected chi connectivity index (χ1v) is 10.7. The van der Waals surface area contributed by atoms with Crippen LogP contribution in [0.3, 0.4) is 0 Å². The Kier molecular flexibility index (Phi) is 7.32. The smallest absolute Gasteiger partial charge is 0.389 e. The van der Waals surface area contributed by atoms with Crippen LogP contribution in [0, 0.1) is 5.92 Å². The number of amides is 1. The summed E-state index contributed by atoms with van der Waals surface area (Å²) in [6.45, 7) is -0.279. The molecule has 3 heterocycles. The Bertz CT molecular complexity index is 997. The predicted molar refractivity (Wildman–Crippen MR) is 114 cm³/mol. The summed E-state index contributed by atoms with van der Waals surface area (Å²) < 4.78 is 61.4. The van der Waals surface area contributed by atoms with Gasteiger partial charge in [0.15, 0.2) is 0 Å². The second kappa shape index (κ2) is 10.1. The SMILES string of the molecule is CN(CC1=CC(F)=CCC1OC(F)(F)F)C(=O)C1=NNC2=NC=NC(N[C@@H]3COC[C@@H](O)[C@H]3O)C21. The molecule has 4 N–H and O–H groups in total. The zero-order chi connectivity index (χ0) is 25.3. The third kappa shape index (κ3) is 5.75. The van der Waals surface area contributed by atoms with E-state index in [1.807, 2.05) is 0 Å². The number of nitrogens with zero attached hydrogens (tertiary/aromatic N) is 4. The van der Waals surface area contributed by atoms with Gasteiger partial charge in [-0.3, -0.25) is 25.3 Å². The molecule has 4 rings (SSSR count). The number of hydrogen-bond acceptors (Lipinski definition) is 10. The molecule has 3 aliphatic heterocycles. The fourth-order valence-electron chi connectivity index (χ4n) is 4.19. The number of alkyl halides is 3. The quantitative estimate of drug-likeness (QED) is 0.361. The van der Waals surface area contributed by atoms with Crippen molar-refractivity contribution < 1.29 is 42.0 Å². The minimum Gasteiger partial charge on any atom is -0.389 e. The average molecular weight is 504 g/mol. The lowest BCUT2D eigenvalue weighted by atomic mass is 9.95. The largest absolute Gasteiger partial charge is 0.523 e. The van der Waals surface area contributed by atoms with Crippen LogP contribution in [-0.4, -0.2) is 103 Å². The van der Waals surface area contributed by atoms with Gasteiger partial charge in [0.1, 0.15) is 41.9 Å². The van der Waals surface area contributed by atoms with Crippen LogP contribution in [-0.2, 0) is 14.3 Å². The van der Waals surface area contributed by atoms with Gasteiger partial charge < -0.3 is 19.8 Å². The van der Waals surface area contributed by atoms with Crippen molar-refractivity contribution in [2.24, 2.45) is 21.0 Å². The number of hydrazone groups is 1. The summed E-state index contributed by atoms with van der Waals surface area (Å²) in [5, 5.41) is 27.2. The Balaban J connectivity index is 1.47. The van der Waals surface area contributed by atoms with Gasteiger partial charge in [-0.05, 0) is 24.1 Å². The third-order valence-electron chi connectivity index (χ3n) is 5.92. The molecule has 0 saturated carbocycles. The van der Waals surface area contributed by atoms with Crippen molar-refractivity contribution in [3.05, 3.63) is 23.6 Å². The second-order valence-corrected chi connectivity index (χ2v) is 8.44. The highest BCUT2D eigenvalue weighted by Crippen LogP contribution is 2.29. The molecule has 0 aromatic heterocycles. The second-order valence-electron chi connectivity index (χ2n) is 8.44. The maximum absolute atomic E-state index is 13.8. The van der Waals surface area contributed by atoms with Gasteiger partial charge >= 0.3 is 6.36 Å². The van der Waals surface area contributed by atoms with E-state index in [-0.39, 0.29) is 37.5 Å². The normalized spacial score (nSPS) is 32.7. The maximum Gasteiger partial charge on any atom is 0.523 e. The van der Waals surface area contributed by atoms with E-state index in [2.05, 4.69) is 30.6 Å². The molecule has 1 amide bonds. The van der Waals surface area contributed by atoms with Crippen molar-refractivity contribution in [2.75, 3.05) is 26.8 Å². The molecule has 192 valence electrons. The number of carbonyl (C=O) groups excluding carboxylic acids is 1. The van der Waals surface area contributed by atoms with E-state index in [9.17, 15) is 32.6 Å². The van der Waals surface area contributed by atoms with E-state index >= 15 is 0 Å². The van der Waals surface area contributed by atoms with Crippen molar-refractivity contribution in [3.8, 4) is 0 Å². The highest BCUT2D eigenvalue weighted by atomic mass is 19.4. The van der Waals surface area contributed by atoms with E-state index in [0.717, 1.165) is 17.1 Å². The van der Waals surface area contributed by atoms with Gasteiger partial charge in [0.05, 0.1) is 31.5 Å². The fraction of sp³-hybridized carbons (Fsp3) is 0.600. The maximum atomic E-state index is 13.8. The Morgan fingerprint density at radius 1 is 1.37 bits per heavy atom. The van der Waals surface area contributed by atoms with Crippen LogP contribution in [0.15, 0.2) is 38.6 Å². The van der Waals surface area contributed by atoms with Crippen molar-refractivity contribution in [1.82, 2.24) is 15.6 Å². The Morgan fingerprint density at radius 2 is 2.14 bits per heavy atom. The molecule has 0 bridgehead atoms. The minimum absolute atomic E-state index is 0.0222. The van der Waals surface area contributed by atoms with Crippen LogP contribution in [0.5, 0.6) is 0 Å². The van der Waals surface area contributed by atoms with Gasteiger partial charge in [-0.15, -0.1) is 13.2 Å². The molecule has 1 aliphatic carbocycles. The van der Waals surface area contributed by atoms with Crippen LogP contribution in [0.4, 0.5) is 17.6 Å². The van der Waals surface area contributed by atoms with Gasteiger partial charge in [-0.25, -0.2) is 9.38 Å². The first kappa shape index (κ1) is 25.4. The zero-order valence-corrected chi connectivity index (χ0v) is 18.4. The summed E-state index contributed by atoms with van der Waals surface area (Å²) in [6.07, 6.45) is -6.65. The highest BCUT2D eigenvalue weighted by molar-refractivity contribution is 6.45. The third-order valence-corrected chi connectivity index (χ3v) is 5.92. The van der Waals surface area contributed by atoms with E-state index in [4.69, 9.17) is 4.74 Å². The first-order chi connectivity index (χ1) is 16.5. The summed E-state index contributed by atoms with van der Waals surface area (Å²) in [4.78, 5) is 22.6. The van der Waals surface area contributed by atoms with Crippen LogP contribution < -0.4 is 10.7 Å². The highest BCUT2D eigenvalue weighted by Gasteiger charge is 2.44. The number of aliphatic imine (C=N–C) groups is 2. The number of likely N-dealkylation sites (N-methyl/N-ethyl adjacent to an activating group) is 1. The van der Waals surface area contributed by atoms with E-state index < -0.39 is 54.5 Å². The molecule has 1 fully saturated rings. The number of amidine groups is 1. The molecule has 0 aromatic rings. The van der Waals surface area contributed by atoms with Crippen LogP contribution in [0.2, 0.25) is 0 Å². The average Bonchev–Trinajstić information content (AvgIpc) is 3.22. The van der Waals surface area contributed by atoms with E-state index in [0.29, 0.717) is 5.84 Å². The number of halogens is 4. The molecular formula is C20H24F4N6O5. The molecule has 4 aliphatic rings. The van der Waals surface area contributed by atoms with Crippen LogP contribution in [0.25, 0.3) is 0 Å². The van der Waals surface area contributed by atoms with Crippen molar-refractivity contribution in [2.45, 2.75) is 43.3 Å². The predicted octanol–water partition coefficient (Wildman–Crippen LogP) is -0.415. The number of ether oxygens (including phenoxy) is 2. The monoisotopic (exact) mass is 504 g/mol. The van der Waals surface area contributed by atoms with Gasteiger partial charge in [0.2, 0.25) is 0 Å². The van der Waals surface area contributed by atoms with Crippen molar-refractivity contribution in [1.29, 1.82) is 0 Å². The Hall–Kier alpha value is -2.72. The number of fused-ring (bicyclic) bond motifs is 1. The summed E-state index contributed by atoms with van der Waals surface area (Å²) >= 11 is 0. The molecule has 15 heteroatoms. The molecule has 3 unspecified atom stereocenters. The minimum atomic E-state index is -4.93. The molecule has 0 aromatic carbocycles. The molecule has 1 saturated heterocycles. The molecule has 0 spiro atoms. The molecule has 35 heavy (non-hydrogen) atoms. The van der Waals surface area contributed by atoms with E-state index in [1.165, 1.54) is 13.4 Å². The fourth-order valence-corrected chi connectivity index (χ4v) is 4.19. The van der Waals surface area contributed by atoms with Crippen molar-refractivity contribution in [3.63, 3.8) is 0 Å². The molecular weight excluding hydrogens is 480 g/mol. The Labute approximate surface area is 196 Å². The topological polar surface area (TPSA) is 140 Å². The number of aliphatic hydroxyl groups excluding tert-OH is 2. The number of aliphatic hydroxyl groups is 2. The first-order valence-electron chi connectivity index (χ1n) is 10.7. The van der Waals surface area contributed by atoms with Gasteiger partial charge in [-0.1, -0.05) is 0 Å². The lowest BCUT2D eigenvalue weighted by molar-refractivity contribution is -0.337. The lowest BCUT2D eigenvalue weighted by Gasteiger charge is -2.36. The van der Waals surface area contributed by atoms with E-state index in [1.54, 1.807) is 0 Å². The number of carbonyl (C=O) groups is 1. The van der Waals surface area contributed by atoms with Gasteiger partial charge in [0, 0.05) is 13.6 Å². The number of rotatable bonds is 6. The molecule has 6 atom stereocenters. The van der Waals surface area contributed by atoms with Crippen LogP contribution in [0.1, 0.15) is 6.42 Å². The Morgan fingerprint density at radius 3 is 2.89 bits per heavy atom. The summed E-state index contributed by atoms with van der Waals surface area (Å²) in [5.41, 5.74) is 2.54. The number of hydrogen-bond donors (Lipinski definition) is 4. The summed E-state index contributed by atoms with van der Waals surface area (Å²) in [7, 11) is 1.34.